The summed E-state index contributed by atoms with van der Waals surface area (Å²) in [6.45, 7) is 0.640. The largest absolute Gasteiger partial charge is 0.497 e. The second-order valence-corrected chi connectivity index (χ2v) is 6.27. The Kier molecular flexibility index (Phi) is 8.38. The average Bonchev–Trinajstić information content (AvgIpc) is 2.72. The molecule has 0 radical (unpaired) electrons. The van der Waals surface area contributed by atoms with Crippen LogP contribution in [-0.4, -0.2) is 48.9 Å². The van der Waals surface area contributed by atoms with E-state index in [0.717, 1.165) is 0 Å². The van der Waals surface area contributed by atoms with Gasteiger partial charge in [-0.05, 0) is 29.5 Å². The third kappa shape index (κ3) is 6.32. The van der Waals surface area contributed by atoms with Crippen LogP contribution in [0.2, 0.25) is 0 Å². The van der Waals surface area contributed by atoms with Gasteiger partial charge in [0.15, 0.2) is 4.77 Å². The second kappa shape index (κ2) is 11.0. The first-order valence-corrected chi connectivity index (χ1v) is 9.19. The van der Waals surface area contributed by atoms with E-state index in [-0.39, 0.29) is 35.9 Å². The van der Waals surface area contributed by atoms with Crippen LogP contribution in [0.5, 0.6) is 11.5 Å². The van der Waals surface area contributed by atoms with Crippen LogP contribution in [0.15, 0.2) is 34.2 Å². The van der Waals surface area contributed by atoms with Crippen molar-refractivity contribution in [2.24, 2.45) is 16.6 Å². The lowest BCUT2D eigenvalue weighted by Gasteiger charge is -2.16. The maximum Gasteiger partial charge on any atom is 0.337 e. The van der Waals surface area contributed by atoms with E-state index in [2.05, 4.69) is 15.0 Å². The Hall–Kier alpha value is -3.38. The molecular formula is C18H23N5O6S. The molecule has 2 rings (SSSR count). The highest BCUT2D eigenvalue weighted by Gasteiger charge is 2.13. The molecule has 1 heterocycles. The van der Waals surface area contributed by atoms with Crippen molar-refractivity contribution in [2.45, 2.75) is 13.0 Å². The molecule has 1 aromatic carbocycles. The van der Waals surface area contributed by atoms with Crippen molar-refractivity contribution in [2.75, 3.05) is 27.4 Å². The van der Waals surface area contributed by atoms with Gasteiger partial charge in [0.25, 0.3) is 5.56 Å². The van der Waals surface area contributed by atoms with Gasteiger partial charge in [-0.15, -0.1) is 0 Å². The van der Waals surface area contributed by atoms with Crippen LogP contribution in [0.1, 0.15) is 6.42 Å². The summed E-state index contributed by atoms with van der Waals surface area (Å²) in [4.78, 5) is 30.5. The number of oxime groups is 1. The molecule has 0 spiro atoms. The Labute approximate surface area is 177 Å². The molecule has 0 saturated heterocycles. The van der Waals surface area contributed by atoms with Crippen LogP contribution in [0, 0.1) is 4.77 Å². The lowest BCUT2D eigenvalue weighted by molar-refractivity contribution is -0.144. The predicted octanol–water partition coefficient (Wildman–Crippen LogP) is 0.728. The Morgan fingerprint density at radius 2 is 1.97 bits per heavy atom. The molecule has 11 nitrogen and oxygen atoms in total. The number of rotatable bonds is 10. The van der Waals surface area contributed by atoms with Crippen LogP contribution in [0.3, 0.4) is 0 Å². The second-order valence-electron chi connectivity index (χ2n) is 5.88. The average molecular weight is 437 g/mol. The number of aromatic amines is 1. The smallest absolute Gasteiger partial charge is 0.337 e. The predicted molar refractivity (Wildman–Crippen MR) is 112 cm³/mol. The van der Waals surface area contributed by atoms with E-state index in [4.69, 9.17) is 37.9 Å². The van der Waals surface area contributed by atoms with Crippen molar-refractivity contribution >= 4 is 24.1 Å². The Bertz CT molecular complexity index is 1030. The van der Waals surface area contributed by atoms with E-state index < -0.39 is 5.97 Å². The fraction of sp³-hybridized carbons (Fsp3) is 0.333. The normalized spacial score (nSPS) is 10.3. The lowest BCUT2D eigenvalue weighted by atomic mass is 10.1. The Morgan fingerprint density at radius 1 is 1.20 bits per heavy atom. The summed E-state index contributed by atoms with van der Waals surface area (Å²) in [5, 5.41) is 3.16. The van der Waals surface area contributed by atoms with Crippen molar-refractivity contribution < 1.29 is 23.8 Å². The first-order valence-electron chi connectivity index (χ1n) is 8.78. The third-order valence-electron chi connectivity index (χ3n) is 3.88. The zero-order chi connectivity index (χ0) is 22.1. The van der Waals surface area contributed by atoms with Gasteiger partial charge in [0.05, 0.1) is 39.5 Å². The molecule has 1 aromatic heterocycles. The third-order valence-corrected chi connectivity index (χ3v) is 4.20. The number of nitrogens with one attached hydrogen (secondary N) is 1. The van der Waals surface area contributed by atoms with E-state index in [1.54, 1.807) is 29.9 Å². The SMILES string of the molecule is COc1ccc(-c2cc(=O)[nH]c(=S)n2CCOCCC(=O)ON=C(N)N)c(OC)c1. The van der Waals surface area contributed by atoms with Crippen LogP contribution >= 0.6 is 12.2 Å². The number of hydrogen-bond donors (Lipinski definition) is 3. The number of aromatic nitrogens is 2. The van der Waals surface area contributed by atoms with Gasteiger partial charge in [0, 0.05) is 24.2 Å². The molecule has 30 heavy (non-hydrogen) atoms. The van der Waals surface area contributed by atoms with Gasteiger partial charge < -0.3 is 35.1 Å². The number of hydrogen-bond acceptors (Lipinski definition) is 8. The number of benzene rings is 1. The van der Waals surface area contributed by atoms with Gasteiger partial charge >= 0.3 is 5.97 Å². The lowest BCUT2D eigenvalue weighted by Crippen LogP contribution is -2.23. The van der Waals surface area contributed by atoms with Crippen molar-refractivity contribution in [1.82, 2.24) is 9.55 Å². The highest BCUT2D eigenvalue weighted by Crippen LogP contribution is 2.32. The maximum absolute atomic E-state index is 12.0. The number of methoxy groups -OCH3 is 2. The quantitative estimate of drug-likeness (QED) is 0.122. The zero-order valence-electron chi connectivity index (χ0n) is 16.5. The number of guanidine groups is 1. The summed E-state index contributed by atoms with van der Waals surface area (Å²) in [6, 6.07) is 6.67. The molecule has 0 aliphatic heterocycles. The molecule has 0 saturated carbocycles. The van der Waals surface area contributed by atoms with E-state index >= 15 is 0 Å². The summed E-state index contributed by atoms with van der Waals surface area (Å²) >= 11 is 5.31. The molecule has 0 atom stereocenters. The number of nitrogens with zero attached hydrogens (tertiary/aromatic N) is 2. The van der Waals surface area contributed by atoms with Gasteiger partial charge in [0.1, 0.15) is 11.5 Å². The summed E-state index contributed by atoms with van der Waals surface area (Å²) in [7, 11) is 3.07. The molecule has 12 heteroatoms. The maximum atomic E-state index is 12.0. The number of nitrogens with two attached hydrogens (primary N) is 2. The first kappa shape index (κ1) is 22.9. The molecule has 0 aliphatic rings. The number of carbonyl (C=O) groups excluding carboxylic acids is 1. The van der Waals surface area contributed by atoms with E-state index in [9.17, 15) is 9.59 Å². The number of carbonyl (C=O) groups is 1. The molecular weight excluding hydrogens is 414 g/mol. The summed E-state index contributed by atoms with van der Waals surface area (Å²) in [6.07, 6.45) is -0.0348. The van der Waals surface area contributed by atoms with Gasteiger partial charge in [-0.25, -0.2) is 4.79 Å². The highest BCUT2D eigenvalue weighted by molar-refractivity contribution is 7.71. The van der Waals surface area contributed by atoms with Crippen LogP contribution in [-0.2, 0) is 20.9 Å². The van der Waals surface area contributed by atoms with Crippen molar-refractivity contribution in [3.8, 4) is 22.8 Å². The van der Waals surface area contributed by atoms with Crippen molar-refractivity contribution in [3.63, 3.8) is 0 Å². The van der Waals surface area contributed by atoms with Crippen LogP contribution in [0.25, 0.3) is 11.3 Å². The van der Waals surface area contributed by atoms with Crippen molar-refractivity contribution in [3.05, 3.63) is 39.4 Å². The Balaban J connectivity index is 2.13. The molecule has 0 aliphatic carbocycles. The van der Waals surface area contributed by atoms with Gasteiger partial charge in [-0.1, -0.05) is 0 Å². The zero-order valence-corrected chi connectivity index (χ0v) is 17.4. The Morgan fingerprint density at radius 3 is 2.63 bits per heavy atom. The molecule has 0 bridgehead atoms. The summed E-state index contributed by atoms with van der Waals surface area (Å²) in [5.74, 6) is 0.152. The molecule has 2 aromatic rings. The standard InChI is InChI=1S/C18H23N5O6S/c1-26-11-3-4-12(14(9-11)27-2)13-10-15(24)21-18(30)23(13)6-8-28-7-5-16(25)29-22-17(19)20/h3-4,9-10H,5-8H2,1-2H3,(H4,19,20,22)(H,21,24,30). The molecule has 0 unspecified atom stereocenters. The molecule has 162 valence electrons. The highest BCUT2D eigenvalue weighted by atomic mass is 32.1. The van der Waals surface area contributed by atoms with Gasteiger partial charge in [0.2, 0.25) is 5.96 Å². The minimum Gasteiger partial charge on any atom is -0.497 e. The molecule has 0 amide bonds. The molecule has 0 fully saturated rings. The first-order chi connectivity index (χ1) is 14.3. The monoisotopic (exact) mass is 437 g/mol. The fourth-order valence-electron chi connectivity index (χ4n) is 2.54. The fourth-order valence-corrected chi connectivity index (χ4v) is 2.83. The van der Waals surface area contributed by atoms with Gasteiger partial charge in [-0.2, -0.15) is 0 Å². The summed E-state index contributed by atoms with van der Waals surface area (Å²) in [5.41, 5.74) is 11.0. The van der Waals surface area contributed by atoms with Crippen molar-refractivity contribution in [1.29, 1.82) is 0 Å². The van der Waals surface area contributed by atoms with E-state index in [1.165, 1.54) is 13.2 Å². The van der Waals surface area contributed by atoms with Crippen LogP contribution in [0.4, 0.5) is 0 Å². The van der Waals surface area contributed by atoms with E-state index in [1.807, 2.05) is 0 Å². The van der Waals surface area contributed by atoms with Gasteiger partial charge in [-0.3, -0.25) is 9.78 Å². The minimum atomic E-state index is -0.632. The topological polar surface area (TPSA) is 156 Å². The minimum absolute atomic E-state index is 0.0348. The number of H-pyrrole nitrogens is 1. The summed E-state index contributed by atoms with van der Waals surface area (Å²) < 4.78 is 18.0. The van der Waals surface area contributed by atoms with Crippen LogP contribution < -0.4 is 26.5 Å². The van der Waals surface area contributed by atoms with E-state index in [0.29, 0.717) is 29.3 Å². The number of ether oxygens (including phenoxy) is 3. The molecule has 5 N–H and O–H groups in total.